The maximum absolute atomic E-state index is 12.8. The fraction of sp³-hybridized carbons (Fsp3) is 0.435. The Morgan fingerprint density at radius 1 is 1.16 bits per heavy atom. The van der Waals surface area contributed by atoms with Crippen LogP contribution in [0, 0.1) is 0 Å². The van der Waals surface area contributed by atoms with Crippen molar-refractivity contribution < 1.29 is 4.42 Å². The van der Waals surface area contributed by atoms with Gasteiger partial charge in [-0.05, 0) is 31.0 Å². The Labute approximate surface area is 189 Å². The first-order chi connectivity index (χ1) is 15.0. The van der Waals surface area contributed by atoms with Gasteiger partial charge in [-0.2, -0.15) is 0 Å². The van der Waals surface area contributed by atoms with Crippen LogP contribution < -0.4 is 11.2 Å². The minimum atomic E-state index is -0.467. The molecule has 1 saturated carbocycles. The molecule has 0 saturated heterocycles. The monoisotopic (exact) mass is 459 g/mol. The average molecular weight is 460 g/mol. The Balaban J connectivity index is 1.41. The number of H-pyrrole nitrogens is 1. The molecule has 1 fully saturated rings. The quantitative estimate of drug-likeness (QED) is 0.569. The summed E-state index contributed by atoms with van der Waals surface area (Å²) < 4.78 is 5.44. The van der Waals surface area contributed by atoms with Crippen LogP contribution >= 0.6 is 23.2 Å². The molecule has 1 aliphatic carbocycles. The van der Waals surface area contributed by atoms with Gasteiger partial charge in [0.15, 0.2) is 0 Å². The SMILES string of the molecule is O=c1[nH]c(C2CCCCC2)nc2c1CN(Cc1c(Cl)c3cc(Cl)ccc3oc1=O)CC2. The number of aromatic amines is 1. The standard InChI is InChI=1S/C23H23Cl2N3O3/c24-14-6-7-19-15(10-14)20(25)17(23(30)31-19)12-28-9-8-18-16(11-28)22(29)27-21(26-18)13-4-2-1-3-5-13/h6-7,10,13H,1-5,8-9,11-12H2,(H,26,27,29). The summed E-state index contributed by atoms with van der Waals surface area (Å²) in [5.41, 5.74) is 1.80. The van der Waals surface area contributed by atoms with Gasteiger partial charge >= 0.3 is 5.63 Å². The molecule has 0 atom stereocenters. The number of nitrogens with zero attached hydrogens (tertiary/aromatic N) is 2. The van der Waals surface area contributed by atoms with Gasteiger partial charge in [0.1, 0.15) is 11.4 Å². The number of halogens is 2. The van der Waals surface area contributed by atoms with Crippen molar-refractivity contribution in [2.45, 2.75) is 57.5 Å². The number of benzene rings is 1. The number of hydrogen-bond acceptors (Lipinski definition) is 5. The van der Waals surface area contributed by atoms with Crippen molar-refractivity contribution in [3.63, 3.8) is 0 Å². The van der Waals surface area contributed by atoms with E-state index in [1.807, 2.05) is 4.90 Å². The van der Waals surface area contributed by atoms with E-state index in [2.05, 4.69) is 4.98 Å². The third-order valence-corrected chi connectivity index (χ3v) is 7.10. The molecule has 6 nitrogen and oxygen atoms in total. The van der Waals surface area contributed by atoms with Gasteiger partial charge in [0.25, 0.3) is 5.56 Å². The Kier molecular flexibility index (Phi) is 5.63. The predicted molar refractivity (Wildman–Crippen MR) is 121 cm³/mol. The van der Waals surface area contributed by atoms with Gasteiger partial charge in [0.2, 0.25) is 0 Å². The predicted octanol–water partition coefficient (Wildman–Crippen LogP) is 4.79. The molecule has 5 rings (SSSR count). The van der Waals surface area contributed by atoms with Crippen molar-refractivity contribution in [3.8, 4) is 0 Å². The molecule has 3 aromatic rings. The second-order valence-electron chi connectivity index (χ2n) is 8.49. The zero-order valence-electron chi connectivity index (χ0n) is 17.0. The second kappa shape index (κ2) is 8.41. The summed E-state index contributed by atoms with van der Waals surface area (Å²) >= 11 is 12.6. The van der Waals surface area contributed by atoms with Gasteiger partial charge in [-0.1, -0.05) is 42.5 Å². The Hall–Kier alpha value is -2.15. The molecular formula is C23H23Cl2N3O3. The zero-order chi connectivity index (χ0) is 21.5. The molecule has 0 unspecified atom stereocenters. The fourth-order valence-corrected chi connectivity index (χ4v) is 5.20. The fourth-order valence-electron chi connectivity index (χ4n) is 4.74. The summed E-state index contributed by atoms with van der Waals surface area (Å²) in [6.45, 7) is 1.41. The summed E-state index contributed by atoms with van der Waals surface area (Å²) in [5.74, 6) is 1.20. The number of rotatable bonds is 3. The molecule has 0 amide bonds. The summed E-state index contributed by atoms with van der Waals surface area (Å²) in [4.78, 5) is 35.3. The summed E-state index contributed by atoms with van der Waals surface area (Å²) in [6.07, 6.45) is 6.50. The van der Waals surface area contributed by atoms with Crippen LogP contribution in [0.1, 0.15) is 60.7 Å². The highest BCUT2D eigenvalue weighted by Gasteiger charge is 2.26. The van der Waals surface area contributed by atoms with Crippen LogP contribution in [0.3, 0.4) is 0 Å². The maximum Gasteiger partial charge on any atom is 0.342 e. The van der Waals surface area contributed by atoms with Crippen LogP contribution in [-0.2, 0) is 19.5 Å². The lowest BCUT2D eigenvalue weighted by Gasteiger charge is -2.28. The van der Waals surface area contributed by atoms with E-state index in [0.717, 1.165) is 24.4 Å². The summed E-state index contributed by atoms with van der Waals surface area (Å²) in [7, 11) is 0. The van der Waals surface area contributed by atoms with E-state index in [1.165, 1.54) is 19.3 Å². The number of nitrogens with one attached hydrogen (secondary N) is 1. The highest BCUT2D eigenvalue weighted by atomic mass is 35.5. The average Bonchev–Trinajstić information content (AvgIpc) is 2.78. The molecule has 162 valence electrons. The Bertz CT molecular complexity index is 1260. The van der Waals surface area contributed by atoms with E-state index in [4.69, 9.17) is 32.6 Å². The normalized spacial score (nSPS) is 17.7. The van der Waals surface area contributed by atoms with Gasteiger partial charge in [-0.25, -0.2) is 9.78 Å². The Morgan fingerprint density at radius 3 is 2.77 bits per heavy atom. The van der Waals surface area contributed by atoms with E-state index < -0.39 is 5.63 Å². The molecule has 1 aliphatic heterocycles. The lowest BCUT2D eigenvalue weighted by atomic mass is 9.88. The smallest absolute Gasteiger partial charge is 0.342 e. The second-order valence-corrected chi connectivity index (χ2v) is 9.31. The molecule has 1 aromatic carbocycles. The molecular weight excluding hydrogens is 437 g/mol. The van der Waals surface area contributed by atoms with E-state index in [-0.39, 0.29) is 5.56 Å². The first-order valence-electron chi connectivity index (χ1n) is 10.7. The lowest BCUT2D eigenvalue weighted by Crippen LogP contribution is -2.37. The highest BCUT2D eigenvalue weighted by Crippen LogP contribution is 2.31. The van der Waals surface area contributed by atoms with Crippen LogP contribution in [0.2, 0.25) is 10.0 Å². The minimum Gasteiger partial charge on any atom is -0.422 e. The van der Waals surface area contributed by atoms with Crippen molar-refractivity contribution in [1.29, 1.82) is 0 Å². The third-order valence-electron chi connectivity index (χ3n) is 6.43. The van der Waals surface area contributed by atoms with Crippen LogP contribution in [-0.4, -0.2) is 21.4 Å². The van der Waals surface area contributed by atoms with Gasteiger partial charge in [-0.15, -0.1) is 0 Å². The topological polar surface area (TPSA) is 79.2 Å². The molecule has 0 bridgehead atoms. The van der Waals surface area contributed by atoms with Crippen LogP contribution in [0.4, 0.5) is 0 Å². The molecule has 31 heavy (non-hydrogen) atoms. The van der Waals surface area contributed by atoms with Gasteiger partial charge in [-0.3, -0.25) is 9.69 Å². The molecule has 1 N–H and O–H groups in total. The van der Waals surface area contributed by atoms with Gasteiger partial charge in [0, 0.05) is 42.4 Å². The van der Waals surface area contributed by atoms with Crippen molar-refractivity contribution in [1.82, 2.24) is 14.9 Å². The molecule has 0 spiro atoms. The van der Waals surface area contributed by atoms with Crippen molar-refractivity contribution in [2.75, 3.05) is 6.54 Å². The zero-order valence-corrected chi connectivity index (χ0v) is 18.6. The summed E-state index contributed by atoms with van der Waals surface area (Å²) in [6, 6.07) is 4.99. The maximum atomic E-state index is 12.8. The van der Waals surface area contributed by atoms with E-state index in [0.29, 0.717) is 64.1 Å². The Morgan fingerprint density at radius 2 is 1.97 bits per heavy atom. The number of hydrogen-bond donors (Lipinski definition) is 1. The van der Waals surface area contributed by atoms with E-state index in [1.54, 1.807) is 18.2 Å². The third kappa shape index (κ3) is 4.04. The summed E-state index contributed by atoms with van der Waals surface area (Å²) in [5, 5.41) is 1.48. The number of fused-ring (bicyclic) bond motifs is 2. The van der Waals surface area contributed by atoms with Crippen LogP contribution in [0.5, 0.6) is 0 Å². The molecule has 2 aliphatic rings. The largest absolute Gasteiger partial charge is 0.422 e. The van der Waals surface area contributed by atoms with Gasteiger partial charge < -0.3 is 9.40 Å². The molecule has 8 heteroatoms. The first-order valence-corrected chi connectivity index (χ1v) is 11.5. The molecule has 3 heterocycles. The molecule has 2 aromatic heterocycles. The van der Waals surface area contributed by atoms with Crippen molar-refractivity contribution in [3.05, 3.63) is 71.7 Å². The van der Waals surface area contributed by atoms with E-state index >= 15 is 0 Å². The van der Waals surface area contributed by atoms with Crippen LogP contribution in [0.25, 0.3) is 11.0 Å². The minimum absolute atomic E-state index is 0.0706. The van der Waals surface area contributed by atoms with Crippen molar-refractivity contribution in [2.24, 2.45) is 0 Å². The van der Waals surface area contributed by atoms with E-state index in [9.17, 15) is 9.59 Å². The number of aromatic nitrogens is 2. The highest BCUT2D eigenvalue weighted by molar-refractivity contribution is 6.37. The lowest BCUT2D eigenvalue weighted by molar-refractivity contribution is 0.238. The first kappa shape index (κ1) is 20.7. The molecule has 0 radical (unpaired) electrons. The van der Waals surface area contributed by atoms with Crippen LogP contribution in [0.15, 0.2) is 32.2 Å². The van der Waals surface area contributed by atoms with Crippen molar-refractivity contribution >= 4 is 34.2 Å². The van der Waals surface area contributed by atoms with Gasteiger partial charge in [0.05, 0.1) is 21.8 Å².